The van der Waals surface area contributed by atoms with Gasteiger partial charge in [-0.05, 0) is 19.2 Å². The van der Waals surface area contributed by atoms with E-state index in [0.717, 1.165) is 5.69 Å². The van der Waals surface area contributed by atoms with Crippen LogP contribution in [-0.2, 0) is 9.59 Å². The second-order valence-electron chi connectivity index (χ2n) is 4.82. The van der Waals surface area contributed by atoms with Gasteiger partial charge in [0.1, 0.15) is 6.04 Å². The fourth-order valence-electron chi connectivity index (χ4n) is 2.19. The number of amides is 2. The molecule has 5 heteroatoms. The van der Waals surface area contributed by atoms with Gasteiger partial charge in [0.05, 0.1) is 0 Å². The Morgan fingerprint density at radius 3 is 2.53 bits per heavy atom. The van der Waals surface area contributed by atoms with E-state index in [4.69, 9.17) is 0 Å². The van der Waals surface area contributed by atoms with Crippen LogP contribution in [0.3, 0.4) is 0 Å². The van der Waals surface area contributed by atoms with Crippen molar-refractivity contribution in [3.8, 4) is 0 Å². The smallest absolute Gasteiger partial charge is 0.243 e. The molecule has 0 aromatic heterocycles. The normalized spacial score (nSPS) is 20.1. The summed E-state index contributed by atoms with van der Waals surface area (Å²) < 4.78 is 0. The van der Waals surface area contributed by atoms with E-state index in [1.165, 1.54) is 6.92 Å². The number of anilines is 1. The molecule has 19 heavy (non-hydrogen) atoms. The second kappa shape index (κ2) is 5.84. The first-order valence-electron chi connectivity index (χ1n) is 6.39. The van der Waals surface area contributed by atoms with Gasteiger partial charge < -0.3 is 10.2 Å². The maximum Gasteiger partial charge on any atom is 0.243 e. The monoisotopic (exact) mass is 261 g/mol. The molecular weight excluding hydrogens is 242 g/mol. The molecule has 1 atom stereocenters. The van der Waals surface area contributed by atoms with Crippen molar-refractivity contribution >= 4 is 17.5 Å². The highest BCUT2D eigenvalue weighted by Crippen LogP contribution is 2.12. The number of rotatable bonds is 2. The molecule has 1 aliphatic rings. The summed E-state index contributed by atoms with van der Waals surface area (Å²) in [6.45, 7) is 3.38. The lowest BCUT2D eigenvalue weighted by Gasteiger charge is -2.38. The molecular formula is C14H19N3O2. The number of carbonyl (C=O) groups excluding carboxylic acids is 2. The van der Waals surface area contributed by atoms with Crippen molar-refractivity contribution in [3.05, 3.63) is 30.3 Å². The first-order valence-corrected chi connectivity index (χ1v) is 6.39. The Labute approximate surface area is 113 Å². The number of hydrogen-bond acceptors (Lipinski definition) is 3. The molecule has 1 aromatic carbocycles. The number of piperazine rings is 1. The second-order valence-corrected chi connectivity index (χ2v) is 4.82. The van der Waals surface area contributed by atoms with Crippen LogP contribution < -0.4 is 5.32 Å². The number of carbonyl (C=O) groups is 2. The van der Waals surface area contributed by atoms with Gasteiger partial charge in [0.2, 0.25) is 11.8 Å². The van der Waals surface area contributed by atoms with Crippen LogP contribution in [0.25, 0.3) is 0 Å². The summed E-state index contributed by atoms with van der Waals surface area (Å²) in [7, 11) is 1.91. The molecule has 1 aliphatic heterocycles. The van der Waals surface area contributed by atoms with E-state index in [-0.39, 0.29) is 17.9 Å². The minimum Gasteiger partial charge on any atom is -0.340 e. The molecule has 0 spiro atoms. The first kappa shape index (κ1) is 13.5. The number of benzene rings is 1. The van der Waals surface area contributed by atoms with Crippen molar-refractivity contribution in [3.63, 3.8) is 0 Å². The predicted octanol–water partition coefficient (Wildman–Crippen LogP) is 0.788. The van der Waals surface area contributed by atoms with Crippen LogP contribution in [0.4, 0.5) is 5.69 Å². The van der Waals surface area contributed by atoms with Gasteiger partial charge in [-0.15, -0.1) is 0 Å². The van der Waals surface area contributed by atoms with Gasteiger partial charge in [-0.2, -0.15) is 0 Å². The van der Waals surface area contributed by atoms with E-state index in [0.29, 0.717) is 19.6 Å². The highest BCUT2D eigenvalue weighted by atomic mass is 16.2. The van der Waals surface area contributed by atoms with Crippen molar-refractivity contribution in [2.24, 2.45) is 0 Å². The number of para-hydroxylation sites is 1. The maximum absolute atomic E-state index is 12.3. The molecule has 1 fully saturated rings. The van der Waals surface area contributed by atoms with Crippen LogP contribution in [-0.4, -0.2) is 54.3 Å². The highest BCUT2D eigenvalue weighted by Gasteiger charge is 2.30. The quantitative estimate of drug-likeness (QED) is 0.856. The Kier molecular flexibility index (Phi) is 4.16. The molecule has 0 bridgehead atoms. The van der Waals surface area contributed by atoms with Gasteiger partial charge >= 0.3 is 0 Å². The maximum atomic E-state index is 12.3. The van der Waals surface area contributed by atoms with Gasteiger partial charge in [-0.3, -0.25) is 14.5 Å². The lowest BCUT2D eigenvalue weighted by molar-refractivity contribution is -0.134. The molecule has 2 amide bonds. The summed E-state index contributed by atoms with van der Waals surface area (Å²) in [5.74, 6) is -0.0507. The fraction of sp³-hybridized carbons (Fsp3) is 0.429. The third kappa shape index (κ3) is 3.32. The average molecular weight is 261 g/mol. The summed E-state index contributed by atoms with van der Waals surface area (Å²) in [6.07, 6.45) is 0. The van der Waals surface area contributed by atoms with Crippen molar-refractivity contribution in [1.29, 1.82) is 0 Å². The zero-order chi connectivity index (χ0) is 13.8. The Bertz CT molecular complexity index is 461. The third-order valence-corrected chi connectivity index (χ3v) is 3.44. The van der Waals surface area contributed by atoms with E-state index >= 15 is 0 Å². The van der Waals surface area contributed by atoms with Crippen molar-refractivity contribution < 1.29 is 9.59 Å². The summed E-state index contributed by atoms with van der Waals surface area (Å²) in [4.78, 5) is 27.4. The molecule has 1 saturated heterocycles. The Balaban J connectivity index is 2.02. The van der Waals surface area contributed by atoms with Gasteiger partial charge in [-0.25, -0.2) is 0 Å². The Morgan fingerprint density at radius 1 is 1.21 bits per heavy atom. The lowest BCUT2D eigenvalue weighted by atomic mass is 10.1. The molecule has 2 rings (SSSR count). The first-order chi connectivity index (χ1) is 9.08. The minimum absolute atomic E-state index is 0.0191. The van der Waals surface area contributed by atoms with Gasteiger partial charge in [0, 0.05) is 32.2 Å². The Morgan fingerprint density at radius 2 is 1.89 bits per heavy atom. The van der Waals surface area contributed by atoms with Gasteiger partial charge in [0.15, 0.2) is 0 Å². The topological polar surface area (TPSA) is 52.7 Å². The van der Waals surface area contributed by atoms with Crippen molar-refractivity contribution in [1.82, 2.24) is 9.80 Å². The Hall–Kier alpha value is -1.88. The van der Waals surface area contributed by atoms with Crippen molar-refractivity contribution in [2.75, 3.05) is 32.0 Å². The lowest BCUT2D eigenvalue weighted by Crippen LogP contribution is -2.57. The summed E-state index contributed by atoms with van der Waals surface area (Å²) in [5, 5.41) is 2.88. The molecule has 1 heterocycles. The zero-order valence-corrected chi connectivity index (χ0v) is 11.3. The molecule has 1 N–H and O–H groups in total. The number of nitrogens with one attached hydrogen (secondary N) is 1. The van der Waals surface area contributed by atoms with E-state index in [1.807, 2.05) is 42.3 Å². The zero-order valence-electron chi connectivity index (χ0n) is 11.3. The minimum atomic E-state index is -0.294. The van der Waals surface area contributed by atoms with Crippen molar-refractivity contribution in [2.45, 2.75) is 13.0 Å². The molecule has 102 valence electrons. The predicted molar refractivity (Wildman–Crippen MR) is 73.7 cm³/mol. The van der Waals surface area contributed by atoms with Crippen LogP contribution in [0.15, 0.2) is 30.3 Å². The summed E-state index contributed by atoms with van der Waals surface area (Å²) >= 11 is 0. The van der Waals surface area contributed by atoms with Crippen LogP contribution >= 0.6 is 0 Å². The number of nitrogens with zero attached hydrogens (tertiary/aromatic N) is 2. The van der Waals surface area contributed by atoms with Gasteiger partial charge in [0.25, 0.3) is 0 Å². The third-order valence-electron chi connectivity index (χ3n) is 3.44. The molecule has 1 aromatic rings. The van der Waals surface area contributed by atoms with E-state index < -0.39 is 0 Å². The molecule has 0 saturated carbocycles. The number of likely N-dealkylation sites (N-methyl/N-ethyl adjacent to an activating group) is 1. The summed E-state index contributed by atoms with van der Waals surface area (Å²) in [5.41, 5.74) is 0.779. The SMILES string of the molecule is CC(=O)N1CCN(C)C(C(=O)Nc2ccccc2)C1. The van der Waals surface area contributed by atoms with E-state index in [9.17, 15) is 9.59 Å². The van der Waals surface area contributed by atoms with Crippen LogP contribution in [0, 0.1) is 0 Å². The fourth-order valence-corrected chi connectivity index (χ4v) is 2.19. The molecule has 0 radical (unpaired) electrons. The number of hydrogen-bond donors (Lipinski definition) is 1. The van der Waals surface area contributed by atoms with Crippen LogP contribution in [0.5, 0.6) is 0 Å². The highest BCUT2D eigenvalue weighted by molar-refractivity contribution is 5.95. The van der Waals surface area contributed by atoms with Gasteiger partial charge in [-0.1, -0.05) is 18.2 Å². The van der Waals surface area contributed by atoms with E-state index in [2.05, 4.69) is 5.32 Å². The standard InChI is InChI=1S/C14H19N3O2/c1-11(18)17-9-8-16(2)13(10-17)14(19)15-12-6-4-3-5-7-12/h3-7,13H,8-10H2,1-2H3,(H,15,19). The molecule has 0 aliphatic carbocycles. The van der Waals surface area contributed by atoms with Crippen LogP contribution in [0.2, 0.25) is 0 Å². The average Bonchev–Trinajstić information content (AvgIpc) is 2.40. The van der Waals surface area contributed by atoms with E-state index in [1.54, 1.807) is 4.90 Å². The molecule has 1 unspecified atom stereocenters. The van der Waals surface area contributed by atoms with Crippen LogP contribution in [0.1, 0.15) is 6.92 Å². The molecule has 5 nitrogen and oxygen atoms in total. The largest absolute Gasteiger partial charge is 0.340 e. The summed E-state index contributed by atoms with van der Waals surface area (Å²) in [6, 6.07) is 9.06.